The normalized spacial score (nSPS) is 18.8. The molecule has 1 atom stereocenters. The average Bonchev–Trinajstić information content (AvgIpc) is 2.58. The van der Waals surface area contributed by atoms with E-state index < -0.39 is 45.5 Å². The highest BCUT2D eigenvalue weighted by atomic mass is 35.5. The lowest BCUT2D eigenvalue weighted by Crippen LogP contribution is -2.43. The van der Waals surface area contributed by atoms with Gasteiger partial charge in [0.05, 0.1) is 12.3 Å². The van der Waals surface area contributed by atoms with Gasteiger partial charge in [0.25, 0.3) is 0 Å². The SMILES string of the molecule is CCOC(=O)C(=CN(C)C)C(=O)C1(Cl)C=Cc2cc(F)c(F)c(F)c2N1. The summed E-state index contributed by atoms with van der Waals surface area (Å²) < 4.78 is 45.7. The van der Waals surface area contributed by atoms with Crippen LogP contribution in [0.15, 0.2) is 23.9 Å². The van der Waals surface area contributed by atoms with Gasteiger partial charge in [-0.15, -0.1) is 0 Å². The maximum atomic E-state index is 14.0. The van der Waals surface area contributed by atoms with Crippen molar-refractivity contribution in [2.24, 2.45) is 0 Å². The van der Waals surface area contributed by atoms with E-state index in [2.05, 4.69) is 5.32 Å². The fourth-order valence-electron chi connectivity index (χ4n) is 2.30. The minimum atomic E-state index is -2.08. The number of Topliss-reactive ketones (excluding diaryl/α,β-unsaturated/α-hetero) is 1. The molecule has 1 aromatic carbocycles. The Morgan fingerprint density at radius 1 is 1.31 bits per heavy atom. The molecule has 0 saturated heterocycles. The maximum Gasteiger partial charge on any atom is 0.343 e. The summed E-state index contributed by atoms with van der Waals surface area (Å²) in [5, 5.41) is 2.34. The summed E-state index contributed by atoms with van der Waals surface area (Å²) in [5.74, 6) is -6.44. The van der Waals surface area contributed by atoms with Crippen molar-refractivity contribution in [3.8, 4) is 0 Å². The fraction of sp³-hybridized carbons (Fsp3) is 0.294. The number of ether oxygens (including phenoxy) is 1. The van der Waals surface area contributed by atoms with Gasteiger partial charge in [-0.1, -0.05) is 17.7 Å². The number of hydrogen-bond acceptors (Lipinski definition) is 5. The van der Waals surface area contributed by atoms with Gasteiger partial charge < -0.3 is 15.0 Å². The Balaban J connectivity index is 2.47. The predicted molar refractivity (Wildman–Crippen MR) is 91.0 cm³/mol. The van der Waals surface area contributed by atoms with Gasteiger partial charge in [0.15, 0.2) is 22.4 Å². The second-order valence-corrected chi connectivity index (χ2v) is 6.27. The van der Waals surface area contributed by atoms with Crippen molar-refractivity contribution in [1.82, 2.24) is 4.90 Å². The number of anilines is 1. The Bertz CT molecular complexity index is 824. The van der Waals surface area contributed by atoms with E-state index in [1.54, 1.807) is 21.0 Å². The van der Waals surface area contributed by atoms with Crippen LogP contribution in [0.3, 0.4) is 0 Å². The minimum Gasteiger partial charge on any atom is -0.462 e. The van der Waals surface area contributed by atoms with E-state index in [1.807, 2.05) is 0 Å². The molecule has 140 valence electrons. The Hall–Kier alpha value is -2.48. The molecule has 5 nitrogen and oxygen atoms in total. The molecule has 1 aliphatic heterocycles. The second kappa shape index (κ2) is 7.41. The first kappa shape index (κ1) is 19.8. The Morgan fingerprint density at radius 3 is 2.54 bits per heavy atom. The molecule has 2 rings (SSSR count). The number of hydrogen-bond donors (Lipinski definition) is 1. The highest BCUT2D eigenvalue weighted by Crippen LogP contribution is 2.36. The molecule has 0 fully saturated rings. The van der Waals surface area contributed by atoms with Crippen LogP contribution in [0.2, 0.25) is 0 Å². The summed E-state index contributed by atoms with van der Waals surface area (Å²) in [6.45, 7) is 1.59. The van der Waals surface area contributed by atoms with Crippen LogP contribution in [0.4, 0.5) is 18.9 Å². The first-order chi connectivity index (χ1) is 12.1. The molecule has 1 N–H and O–H groups in total. The molecule has 1 aliphatic rings. The molecule has 0 bridgehead atoms. The van der Waals surface area contributed by atoms with Crippen molar-refractivity contribution in [2.45, 2.75) is 11.9 Å². The zero-order valence-corrected chi connectivity index (χ0v) is 15.0. The van der Waals surface area contributed by atoms with E-state index in [9.17, 15) is 22.8 Å². The Kier molecular flexibility index (Phi) is 5.65. The van der Waals surface area contributed by atoms with E-state index in [0.717, 1.165) is 12.1 Å². The first-order valence-electron chi connectivity index (χ1n) is 7.54. The molecule has 1 unspecified atom stereocenters. The Morgan fingerprint density at radius 2 is 1.96 bits per heavy atom. The number of rotatable bonds is 5. The van der Waals surface area contributed by atoms with E-state index >= 15 is 0 Å². The first-order valence-corrected chi connectivity index (χ1v) is 7.92. The number of carbonyl (C=O) groups is 2. The van der Waals surface area contributed by atoms with Gasteiger partial charge in [0, 0.05) is 25.9 Å². The molecule has 0 spiro atoms. The van der Waals surface area contributed by atoms with E-state index in [-0.39, 0.29) is 12.2 Å². The van der Waals surface area contributed by atoms with Crippen LogP contribution in [0.1, 0.15) is 12.5 Å². The second-order valence-electron chi connectivity index (χ2n) is 5.68. The third-order valence-electron chi connectivity index (χ3n) is 3.45. The summed E-state index contributed by atoms with van der Waals surface area (Å²) in [7, 11) is 3.15. The summed E-state index contributed by atoms with van der Waals surface area (Å²) >= 11 is 6.24. The quantitative estimate of drug-likeness (QED) is 0.160. The zero-order chi connectivity index (χ0) is 19.6. The highest BCUT2D eigenvalue weighted by molar-refractivity contribution is 6.44. The van der Waals surface area contributed by atoms with Crippen LogP contribution < -0.4 is 5.32 Å². The molecule has 26 heavy (non-hydrogen) atoms. The standard InChI is InChI=1S/C17H16ClF3N2O3/c1-4-26-16(25)10(8-23(2)3)15(24)17(18)6-5-9-7-11(19)12(20)13(21)14(9)22-17/h5-8,22H,4H2,1-3H3. The van der Waals surface area contributed by atoms with Gasteiger partial charge in [-0.25, -0.2) is 18.0 Å². The lowest BCUT2D eigenvalue weighted by atomic mass is 9.97. The highest BCUT2D eigenvalue weighted by Gasteiger charge is 2.42. The van der Waals surface area contributed by atoms with Crippen molar-refractivity contribution in [3.63, 3.8) is 0 Å². The van der Waals surface area contributed by atoms with Gasteiger partial charge in [-0.05, 0) is 19.1 Å². The third-order valence-corrected chi connectivity index (χ3v) is 3.84. The van der Waals surface area contributed by atoms with Crippen molar-refractivity contribution in [3.05, 3.63) is 46.9 Å². The number of carbonyl (C=O) groups excluding carboxylic acids is 2. The molecule has 0 aliphatic carbocycles. The molecule has 1 heterocycles. The number of ketones is 1. The van der Waals surface area contributed by atoms with Crippen LogP contribution >= 0.6 is 11.6 Å². The lowest BCUT2D eigenvalue weighted by Gasteiger charge is -2.30. The van der Waals surface area contributed by atoms with Crippen LogP contribution in [0.25, 0.3) is 6.08 Å². The molecule has 0 aromatic heterocycles. The van der Waals surface area contributed by atoms with Gasteiger partial charge in [0.2, 0.25) is 5.78 Å². The van der Waals surface area contributed by atoms with Crippen molar-refractivity contribution < 1.29 is 27.5 Å². The largest absolute Gasteiger partial charge is 0.462 e. The lowest BCUT2D eigenvalue weighted by molar-refractivity contribution is -0.140. The summed E-state index contributed by atoms with van der Waals surface area (Å²) in [6.07, 6.45) is 3.50. The molecular weight excluding hydrogens is 373 g/mol. The van der Waals surface area contributed by atoms with Gasteiger partial charge in [-0.3, -0.25) is 4.79 Å². The van der Waals surface area contributed by atoms with Crippen LogP contribution in [0.5, 0.6) is 0 Å². The number of halogens is 4. The van der Waals surface area contributed by atoms with Crippen LogP contribution in [-0.2, 0) is 14.3 Å². The van der Waals surface area contributed by atoms with Crippen molar-refractivity contribution in [1.29, 1.82) is 0 Å². The summed E-state index contributed by atoms with van der Waals surface area (Å²) in [4.78, 5) is 24.3. The van der Waals surface area contributed by atoms with E-state index in [0.29, 0.717) is 0 Å². The topological polar surface area (TPSA) is 58.6 Å². The molecular formula is C17H16ClF3N2O3. The maximum absolute atomic E-state index is 14.0. The Labute approximate surface area is 153 Å². The molecule has 0 radical (unpaired) electrons. The number of nitrogens with zero attached hydrogens (tertiary/aromatic N) is 1. The minimum absolute atomic E-state index is 0.0252. The monoisotopic (exact) mass is 388 g/mol. The number of fused-ring (bicyclic) bond motifs is 1. The fourth-order valence-corrected chi connectivity index (χ4v) is 2.56. The smallest absolute Gasteiger partial charge is 0.343 e. The van der Waals surface area contributed by atoms with Crippen LogP contribution in [0, 0.1) is 17.5 Å². The molecule has 9 heteroatoms. The van der Waals surface area contributed by atoms with Gasteiger partial charge >= 0.3 is 5.97 Å². The van der Waals surface area contributed by atoms with Crippen molar-refractivity contribution in [2.75, 3.05) is 26.0 Å². The zero-order valence-electron chi connectivity index (χ0n) is 14.2. The molecule has 0 amide bonds. The molecule has 0 saturated carbocycles. The van der Waals surface area contributed by atoms with Gasteiger partial charge in [-0.2, -0.15) is 0 Å². The number of nitrogens with one attached hydrogen (secondary N) is 1. The predicted octanol–water partition coefficient (Wildman–Crippen LogP) is 3.06. The number of alkyl halides is 1. The number of esters is 1. The third kappa shape index (κ3) is 3.70. The van der Waals surface area contributed by atoms with E-state index in [4.69, 9.17) is 16.3 Å². The summed E-state index contributed by atoms with van der Waals surface area (Å²) in [5.41, 5.74) is -0.905. The molecule has 1 aromatic rings. The van der Waals surface area contributed by atoms with Gasteiger partial charge in [0.1, 0.15) is 5.57 Å². The van der Waals surface area contributed by atoms with E-state index in [1.165, 1.54) is 17.2 Å². The van der Waals surface area contributed by atoms with Crippen LogP contribution in [-0.4, -0.2) is 42.4 Å². The van der Waals surface area contributed by atoms with Crippen molar-refractivity contribution >= 4 is 35.1 Å². The average molecular weight is 389 g/mol. The number of benzene rings is 1. The summed E-state index contributed by atoms with van der Waals surface area (Å²) in [6, 6.07) is 0.764.